The van der Waals surface area contributed by atoms with Crippen molar-refractivity contribution in [2.75, 3.05) is 25.5 Å². The Kier molecular flexibility index (Phi) is 6.86. The summed E-state index contributed by atoms with van der Waals surface area (Å²) in [5.74, 6) is -1.31. The molecule has 1 aromatic carbocycles. The van der Waals surface area contributed by atoms with E-state index in [0.717, 1.165) is 29.7 Å². The number of methoxy groups -OCH3 is 1. The van der Waals surface area contributed by atoms with Crippen molar-refractivity contribution in [3.63, 3.8) is 0 Å². The Labute approximate surface area is 198 Å². The maximum Gasteiger partial charge on any atom is 0.341 e. The molecule has 0 saturated carbocycles. The summed E-state index contributed by atoms with van der Waals surface area (Å²) in [5, 5.41) is 3.04. The summed E-state index contributed by atoms with van der Waals surface area (Å²) in [6.45, 7) is 5.37. The predicted octanol–water partition coefficient (Wildman–Crippen LogP) is 3.81. The third-order valence-electron chi connectivity index (χ3n) is 6.37. The molecule has 1 saturated heterocycles. The molecule has 2 aromatic rings. The van der Waals surface area contributed by atoms with Gasteiger partial charge in [-0.3, -0.25) is 9.59 Å². The number of rotatable bonds is 4. The van der Waals surface area contributed by atoms with E-state index in [1.807, 2.05) is 32.0 Å². The summed E-state index contributed by atoms with van der Waals surface area (Å²) in [6.07, 6.45) is 3.24. The van der Waals surface area contributed by atoms with Gasteiger partial charge in [0.25, 0.3) is 0 Å². The molecule has 4 rings (SSSR count). The second-order valence-electron chi connectivity index (χ2n) is 9.30. The van der Waals surface area contributed by atoms with Gasteiger partial charge in [-0.05, 0) is 50.2 Å². The van der Waals surface area contributed by atoms with E-state index in [1.54, 1.807) is 4.90 Å². The summed E-state index contributed by atoms with van der Waals surface area (Å²) in [5.41, 5.74) is 2.03. The Morgan fingerprint density at radius 2 is 1.88 bits per heavy atom. The molecule has 1 aromatic heterocycles. The van der Waals surface area contributed by atoms with Gasteiger partial charge in [0.2, 0.25) is 0 Å². The summed E-state index contributed by atoms with van der Waals surface area (Å²) in [4.78, 5) is 40.6. The third kappa shape index (κ3) is 5.28. The van der Waals surface area contributed by atoms with Crippen molar-refractivity contribution in [2.24, 2.45) is 5.92 Å². The molecule has 176 valence electrons. The number of thiophene rings is 1. The summed E-state index contributed by atoms with van der Waals surface area (Å²) >= 11 is 1.27. The summed E-state index contributed by atoms with van der Waals surface area (Å²) in [7, 11) is 1.31. The van der Waals surface area contributed by atoms with E-state index in [4.69, 9.17) is 9.47 Å². The van der Waals surface area contributed by atoms with Crippen molar-refractivity contribution >= 4 is 34.1 Å². The third-order valence-corrected chi connectivity index (χ3v) is 7.49. The van der Waals surface area contributed by atoms with E-state index in [0.29, 0.717) is 42.6 Å². The average molecular weight is 471 g/mol. The van der Waals surface area contributed by atoms with Crippen molar-refractivity contribution in [3.05, 3.63) is 51.9 Å². The molecule has 0 bridgehead atoms. The fraction of sp³-hybridized carbons (Fsp3) is 0.480. The Balaban J connectivity index is 1.41. The molecule has 0 spiro atoms. The molecule has 33 heavy (non-hydrogen) atoms. The quantitative estimate of drug-likeness (QED) is 0.543. The molecule has 3 heterocycles. The number of ether oxygens (including phenoxy) is 2. The van der Waals surface area contributed by atoms with Gasteiger partial charge in [0.1, 0.15) is 5.00 Å². The first-order chi connectivity index (χ1) is 15.8. The van der Waals surface area contributed by atoms with Gasteiger partial charge in [-0.1, -0.05) is 30.3 Å². The fourth-order valence-corrected chi connectivity index (χ4v) is 5.66. The minimum absolute atomic E-state index is 0.330. The van der Waals surface area contributed by atoms with E-state index < -0.39 is 23.4 Å². The maximum atomic E-state index is 12.8. The molecular formula is C25H30N2O5S. The molecule has 7 nitrogen and oxygen atoms in total. The molecule has 0 unspecified atom stereocenters. The summed E-state index contributed by atoms with van der Waals surface area (Å²) in [6, 6.07) is 10.3. The number of fused-ring (bicyclic) bond motifs is 1. The molecule has 2 aliphatic heterocycles. The van der Waals surface area contributed by atoms with Crippen LogP contribution in [0.4, 0.5) is 5.00 Å². The van der Waals surface area contributed by atoms with Crippen LogP contribution in [0.5, 0.6) is 0 Å². The fourth-order valence-electron chi connectivity index (χ4n) is 4.55. The second kappa shape index (κ2) is 9.65. The number of benzene rings is 1. The first kappa shape index (κ1) is 23.4. The van der Waals surface area contributed by atoms with E-state index in [-0.39, 0.29) is 0 Å². The van der Waals surface area contributed by atoms with Gasteiger partial charge >= 0.3 is 17.8 Å². The van der Waals surface area contributed by atoms with E-state index in [9.17, 15) is 14.4 Å². The molecule has 0 radical (unpaired) electrons. The average Bonchev–Trinajstić information content (AvgIpc) is 3.15. The number of carbonyl (C=O) groups excluding carboxylic acids is 3. The number of esters is 1. The molecular weight excluding hydrogens is 440 g/mol. The molecule has 0 aliphatic carbocycles. The number of nitrogens with zero attached hydrogens (tertiary/aromatic N) is 1. The van der Waals surface area contributed by atoms with E-state index in [1.165, 1.54) is 24.0 Å². The maximum absolute atomic E-state index is 12.8. The SMILES string of the molecule is COC(=O)c1c(NC(=O)C(=O)N2CCC(Cc3ccccc3)CC2)sc2c1CC(C)(C)OC2. The Morgan fingerprint density at radius 1 is 1.18 bits per heavy atom. The zero-order valence-corrected chi connectivity index (χ0v) is 20.1. The van der Waals surface area contributed by atoms with Crippen LogP contribution in [0.3, 0.4) is 0 Å². The number of hydrogen-bond donors (Lipinski definition) is 1. The van der Waals surface area contributed by atoms with Gasteiger partial charge in [0.05, 0.1) is 24.9 Å². The van der Waals surface area contributed by atoms with Crippen molar-refractivity contribution in [1.82, 2.24) is 4.90 Å². The zero-order chi connectivity index (χ0) is 23.6. The normalized spacial score (nSPS) is 17.8. The van der Waals surface area contributed by atoms with Gasteiger partial charge in [0.15, 0.2) is 0 Å². The minimum Gasteiger partial charge on any atom is -0.465 e. The highest BCUT2D eigenvalue weighted by Gasteiger charge is 2.35. The van der Waals surface area contributed by atoms with Crippen molar-refractivity contribution in [1.29, 1.82) is 0 Å². The van der Waals surface area contributed by atoms with Crippen molar-refractivity contribution < 1.29 is 23.9 Å². The van der Waals surface area contributed by atoms with E-state index in [2.05, 4.69) is 17.4 Å². The van der Waals surface area contributed by atoms with Crippen LogP contribution in [-0.4, -0.2) is 48.5 Å². The lowest BCUT2D eigenvalue weighted by Gasteiger charge is -2.31. The predicted molar refractivity (Wildman–Crippen MR) is 126 cm³/mol. The first-order valence-electron chi connectivity index (χ1n) is 11.3. The minimum atomic E-state index is -0.722. The number of piperidine rings is 1. The Hall–Kier alpha value is -2.71. The van der Waals surface area contributed by atoms with Gasteiger partial charge < -0.3 is 19.7 Å². The van der Waals surface area contributed by atoms with Crippen LogP contribution in [0.1, 0.15) is 53.1 Å². The number of amides is 2. The number of hydrogen-bond acceptors (Lipinski definition) is 6. The largest absolute Gasteiger partial charge is 0.465 e. The number of nitrogens with one attached hydrogen (secondary N) is 1. The van der Waals surface area contributed by atoms with Crippen LogP contribution in [0, 0.1) is 5.92 Å². The lowest BCUT2D eigenvalue weighted by atomic mass is 9.90. The Morgan fingerprint density at radius 3 is 2.55 bits per heavy atom. The second-order valence-corrected chi connectivity index (χ2v) is 10.4. The van der Waals surface area contributed by atoms with Gasteiger partial charge in [-0.2, -0.15) is 0 Å². The van der Waals surface area contributed by atoms with Crippen LogP contribution in [-0.2, 0) is 38.5 Å². The van der Waals surface area contributed by atoms with Crippen LogP contribution >= 0.6 is 11.3 Å². The Bertz CT molecular complexity index is 1040. The summed E-state index contributed by atoms with van der Waals surface area (Å²) < 4.78 is 10.8. The first-order valence-corrected chi connectivity index (χ1v) is 12.1. The number of likely N-dealkylation sites (tertiary alicyclic amines) is 1. The smallest absolute Gasteiger partial charge is 0.341 e. The lowest BCUT2D eigenvalue weighted by molar-refractivity contribution is -0.144. The zero-order valence-electron chi connectivity index (χ0n) is 19.3. The van der Waals surface area contributed by atoms with Crippen LogP contribution in [0.15, 0.2) is 30.3 Å². The standard InChI is InChI=1S/C25H30N2O5S/c1-25(2)14-18-19(15-32-25)33-22(20(18)24(30)31-3)26-21(28)23(29)27-11-9-17(10-12-27)13-16-7-5-4-6-8-16/h4-8,17H,9-15H2,1-3H3,(H,26,28). The molecule has 0 atom stereocenters. The monoisotopic (exact) mass is 470 g/mol. The van der Waals surface area contributed by atoms with Crippen LogP contribution in [0.25, 0.3) is 0 Å². The lowest BCUT2D eigenvalue weighted by Crippen LogP contribution is -2.44. The molecule has 8 heteroatoms. The van der Waals surface area contributed by atoms with Gasteiger partial charge in [-0.25, -0.2) is 4.79 Å². The van der Waals surface area contributed by atoms with Crippen molar-refractivity contribution in [2.45, 2.75) is 51.7 Å². The molecule has 1 fully saturated rings. The highest BCUT2D eigenvalue weighted by atomic mass is 32.1. The van der Waals surface area contributed by atoms with E-state index >= 15 is 0 Å². The van der Waals surface area contributed by atoms with Crippen molar-refractivity contribution in [3.8, 4) is 0 Å². The van der Waals surface area contributed by atoms with Crippen LogP contribution in [0.2, 0.25) is 0 Å². The van der Waals surface area contributed by atoms with Gasteiger partial charge in [-0.15, -0.1) is 11.3 Å². The highest BCUT2D eigenvalue weighted by Crippen LogP contribution is 2.40. The number of anilines is 1. The molecule has 2 aliphatic rings. The topological polar surface area (TPSA) is 84.9 Å². The molecule has 2 amide bonds. The van der Waals surface area contributed by atoms with Crippen LogP contribution < -0.4 is 5.32 Å². The highest BCUT2D eigenvalue weighted by molar-refractivity contribution is 7.17. The molecule has 1 N–H and O–H groups in total. The number of carbonyl (C=O) groups is 3. The van der Waals surface area contributed by atoms with Gasteiger partial charge in [0, 0.05) is 24.4 Å².